The molecule has 0 radical (unpaired) electrons. The molecule has 0 amide bonds. The lowest BCUT2D eigenvalue weighted by Crippen LogP contribution is -1.87. The van der Waals surface area contributed by atoms with E-state index in [1.54, 1.807) is 0 Å². The molecule has 0 heterocycles. The second-order valence-corrected chi connectivity index (χ2v) is 2.36. The molecule has 0 aliphatic heterocycles. The van der Waals surface area contributed by atoms with Crippen LogP contribution in [0.25, 0.3) is 0 Å². The van der Waals surface area contributed by atoms with E-state index in [4.69, 9.17) is 0 Å². The van der Waals surface area contributed by atoms with Crippen LogP contribution in [0, 0.1) is 0 Å². The van der Waals surface area contributed by atoms with E-state index < -0.39 is 0 Å². The third kappa shape index (κ3) is 0.135. The van der Waals surface area contributed by atoms with Gasteiger partial charge in [0.1, 0.15) is 0 Å². The van der Waals surface area contributed by atoms with Gasteiger partial charge < -0.3 is 0 Å². The predicted molar refractivity (Wildman–Crippen MR) is 32.3 cm³/mol. The highest BCUT2D eigenvalue weighted by atomic mass is 14.3. The second-order valence-electron chi connectivity index (χ2n) is 2.36. The van der Waals surface area contributed by atoms with Crippen molar-refractivity contribution in [3.05, 3.63) is 46.6 Å². The monoisotopic (exact) mass is 100 g/mol. The van der Waals surface area contributed by atoms with Crippen LogP contribution in [0.5, 0.6) is 0 Å². The first-order valence-corrected chi connectivity index (χ1v) is 2.82. The first-order valence-electron chi connectivity index (χ1n) is 2.82. The first-order chi connectivity index (χ1) is 3.95. The van der Waals surface area contributed by atoms with Crippen molar-refractivity contribution in [1.82, 2.24) is 0 Å². The Morgan fingerprint density at radius 1 is 1.00 bits per heavy atom. The lowest BCUT2D eigenvalue weighted by atomic mass is 9.98. The Labute approximate surface area is 47.5 Å². The van der Waals surface area contributed by atoms with Gasteiger partial charge in [0.05, 0.1) is 0 Å². The second kappa shape index (κ2) is 0.655. The quantitative estimate of drug-likeness (QED) is 0.435. The number of hydrogen-bond acceptors (Lipinski definition) is 0. The minimum absolute atomic E-state index is 1.43. The highest BCUT2D eigenvalue weighted by Gasteiger charge is 2.29. The first kappa shape index (κ1) is 3.08. The van der Waals surface area contributed by atoms with Gasteiger partial charge in [0.15, 0.2) is 0 Å². The summed E-state index contributed by atoms with van der Waals surface area (Å²) in [6.45, 7) is 0. The molecule has 0 aromatic rings. The Hall–Kier alpha value is -1.04. The largest absolute Gasteiger partial charge is 0.0537 e. The Bertz CT molecular complexity index is 286. The summed E-state index contributed by atoms with van der Waals surface area (Å²) in [7, 11) is 0. The summed E-state index contributed by atoms with van der Waals surface area (Å²) < 4.78 is 0. The van der Waals surface area contributed by atoms with E-state index in [0.717, 1.165) is 0 Å². The van der Waals surface area contributed by atoms with Crippen LogP contribution in [0.15, 0.2) is 46.6 Å². The van der Waals surface area contributed by atoms with Crippen LogP contribution >= 0.6 is 0 Å². The predicted octanol–water partition coefficient (Wildman–Crippen LogP) is 1.73. The molecule has 0 unspecified atom stereocenters. The molecule has 0 N–H and O–H groups in total. The van der Waals surface area contributed by atoms with Crippen LogP contribution in [0.2, 0.25) is 0 Å². The summed E-state index contributed by atoms with van der Waals surface area (Å²) in [6.07, 6.45) is 8.85. The molecule has 0 aromatic carbocycles. The molecule has 4 bridgehead atoms. The van der Waals surface area contributed by atoms with Crippen molar-refractivity contribution in [1.29, 1.82) is 0 Å². The third-order valence-electron chi connectivity index (χ3n) is 1.95. The molecule has 36 valence electrons. The highest BCUT2D eigenvalue weighted by molar-refractivity contribution is 5.82. The molecule has 4 aliphatic rings. The Balaban J connectivity index is 2.56. The van der Waals surface area contributed by atoms with Crippen molar-refractivity contribution >= 4 is 0 Å². The topological polar surface area (TPSA) is 0 Å². The van der Waals surface area contributed by atoms with E-state index in [9.17, 15) is 0 Å². The molecule has 0 saturated carbocycles. The maximum absolute atomic E-state index is 2.24. The molecule has 0 atom stereocenters. The molecule has 4 rings (SSSR count). The summed E-state index contributed by atoms with van der Waals surface area (Å²) in [6, 6.07) is 0. The van der Waals surface area contributed by atoms with Crippen molar-refractivity contribution in [2.24, 2.45) is 0 Å². The van der Waals surface area contributed by atoms with Crippen molar-refractivity contribution in [2.75, 3.05) is 0 Å². The molecular formula is C8H4. The zero-order valence-corrected chi connectivity index (χ0v) is 4.31. The van der Waals surface area contributed by atoms with Gasteiger partial charge >= 0.3 is 0 Å². The molecule has 4 aliphatic carbocycles. The Morgan fingerprint density at radius 3 is 2.38 bits per heavy atom. The Kier molecular flexibility index (Phi) is 0.252. The smallest absolute Gasteiger partial charge is 0.00990 e. The number of allylic oxidation sites excluding steroid dienone is 8. The van der Waals surface area contributed by atoms with Crippen molar-refractivity contribution < 1.29 is 0 Å². The van der Waals surface area contributed by atoms with Crippen molar-refractivity contribution in [3.63, 3.8) is 0 Å². The van der Waals surface area contributed by atoms with Gasteiger partial charge in [0, 0.05) is 0 Å². The number of rotatable bonds is 0. The number of hydrogen-bond donors (Lipinski definition) is 0. The fourth-order valence-corrected chi connectivity index (χ4v) is 1.49. The molecular weight excluding hydrogens is 96.1 g/mol. The molecule has 0 heteroatoms. The standard InChI is InChI=1S/C8H4/c1-2-7-6-3-5(1)8(7)4-6/h1-4H. The summed E-state index contributed by atoms with van der Waals surface area (Å²) in [5.74, 6) is 0. The van der Waals surface area contributed by atoms with Crippen LogP contribution in [0.1, 0.15) is 0 Å². The summed E-state index contributed by atoms with van der Waals surface area (Å²) in [4.78, 5) is 0. The minimum Gasteiger partial charge on any atom is -0.0537 e. The van der Waals surface area contributed by atoms with Gasteiger partial charge in [0.2, 0.25) is 0 Å². The lowest BCUT2D eigenvalue weighted by molar-refractivity contribution is 1.48. The lowest BCUT2D eigenvalue weighted by Gasteiger charge is -2.05. The van der Waals surface area contributed by atoms with E-state index in [1.165, 1.54) is 22.3 Å². The van der Waals surface area contributed by atoms with Gasteiger partial charge in [-0.05, 0) is 34.4 Å². The normalized spacial score (nSPS) is 26.0. The fourth-order valence-electron chi connectivity index (χ4n) is 1.49. The van der Waals surface area contributed by atoms with Gasteiger partial charge in [-0.3, -0.25) is 0 Å². The summed E-state index contributed by atoms with van der Waals surface area (Å²) in [5.41, 5.74) is 5.81. The molecule has 0 fully saturated rings. The fraction of sp³-hybridized carbons (Fsp3) is 0. The van der Waals surface area contributed by atoms with E-state index in [2.05, 4.69) is 24.3 Å². The third-order valence-corrected chi connectivity index (χ3v) is 1.95. The SMILES string of the molecule is C1=CC2=C3C=C1C2=C3. The molecule has 0 spiro atoms. The van der Waals surface area contributed by atoms with Gasteiger partial charge in [-0.15, -0.1) is 0 Å². The van der Waals surface area contributed by atoms with Gasteiger partial charge in [-0.1, -0.05) is 12.2 Å². The average molecular weight is 100 g/mol. The zero-order chi connectivity index (χ0) is 5.14. The van der Waals surface area contributed by atoms with E-state index in [0.29, 0.717) is 0 Å². The molecule has 0 aromatic heterocycles. The van der Waals surface area contributed by atoms with E-state index >= 15 is 0 Å². The Morgan fingerprint density at radius 2 is 2.00 bits per heavy atom. The van der Waals surface area contributed by atoms with Crippen LogP contribution in [-0.2, 0) is 0 Å². The van der Waals surface area contributed by atoms with Gasteiger partial charge in [-0.2, -0.15) is 0 Å². The molecule has 0 saturated heterocycles. The summed E-state index contributed by atoms with van der Waals surface area (Å²) in [5, 5.41) is 0. The van der Waals surface area contributed by atoms with E-state index in [-0.39, 0.29) is 0 Å². The van der Waals surface area contributed by atoms with Crippen LogP contribution in [-0.4, -0.2) is 0 Å². The van der Waals surface area contributed by atoms with Crippen LogP contribution in [0.4, 0.5) is 0 Å². The minimum atomic E-state index is 1.43. The van der Waals surface area contributed by atoms with E-state index in [1.807, 2.05) is 0 Å². The summed E-state index contributed by atoms with van der Waals surface area (Å²) >= 11 is 0. The van der Waals surface area contributed by atoms with Crippen molar-refractivity contribution in [3.8, 4) is 0 Å². The molecule has 8 heavy (non-hydrogen) atoms. The van der Waals surface area contributed by atoms with Crippen LogP contribution < -0.4 is 0 Å². The maximum Gasteiger partial charge on any atom is -0.00990 e. The molecule has 0 nitrogen and oxygen atoms in total. The highest BCUT2D eigenvalue weighted by Crippen LogP contribution is 2.47. The maximum atomic E-state index is 2.24. The average Bonchev–Trinajstić information content (AvgIpc) is 2.25. The van der Waals surface area contributed by atoms with Crippen LogP contribution in [0.3, 0.4) is 0 Å². The van der Waals surface area contributed by atoms with Gasteiger partial charge in [-0.25, -0.2) is 0 Å². The van der Waals surface area contributed by atoms with Crippen molar-refractivity contribution in [2.45, 2.75) is 0 Å². The zero-order valence-electron chi connectivity index (χ0n) is 4.31. The van der Waals surface area contributed by atoms with Gasteiger partial charge in [0.25, 0.3) is 0 Å².